The molecule has 672 valence electrons. The average molecular weight is 1710 g/mol. The molecule has 39 heteroatoms. The highest BCUT2D eigenvalue weighted by Crippen LogP contribution is 2.42. The second-order valence-electron chi connectivity index (χ2n) is 30.7. The maximum Gasteiger partial charge on any atom is 0.252 e. The summed E-state index contributed by atoms with van der Waals surface area (Å²) in [4.78, 5) is 185. The van der Waals surface area contributed by atoms with Crippen LogP contribution in [0, 0.1) is 28.1 Å². The van der Waals surface area contributed by atoms with Gasteiger partial charge in [-0.05, 0) is 159 Å². The van der Waals surface area contributed by atoms with E-state index in [9.17, 15) is 47.9 Å². The molecular weight excluding hydrogens is 1580 g/mol. The van der Waals surface area contributed by atoms with E-state index in [1.165, 1.54) is 0 Å². The first-order valence-electron chi connectivity index (χ1n) is 41.8. The zero-order valence-electron chi connectivity index (χ0n) is 71.6. The molecule has 3 aromatic carbocycles. The zero-order chi connectivity index (χ0) is 91.0. The van der Waals surface area contributed by atoms with Gasteiger partial charge in [0.25, 0.3) is 5.91 Å². The van der Waals surface area contributed by atoms with Gasteiger partial charge in [-0.25, -0.2) is 4.58 Å². The number of fused-ring (bicyclic) bond motifs is 2. The van der Waals surface area contributed by atoms with Crippen molar-refractivity contribution in [1.29, 1.82) is 16.2 Å². The number of nitrogens with two attached hydrogens (primary N) is 7. The number of amides is 13. The molecule has 1 heterocycles. The number of anilines is 1. The third-order valence-electron chi connectivity index (χ3n) is 20.4. The molecule has 5 rings (SSSR count). The summed E-state index contributed by atoms with van der Waals surface area (Å²) in [7, 11) is 0. The fourth-order valence-corrected chi connectivity index (χ4v) is 13.9. The van der Waals surface area contributed by atoms with Crippen LogP contribution in [-0.2, 0) is 64.0 Å². The molecule has 0 saturated carbocycles. The van der Waals surface area contributed by atoms with Gasteiger partial charge in [0, 0.05) is 91.9 Å². The minimum absolute atomic E-state index is 0.0235. The third kappa shape index (κ3) is 33.5. The molecule has 0 bridgehead atoms. The summed E-state index contributed by atoms with van der Waals surface area (Å²) in [6.07, 6.45) is -0.857. The Morgan fingerprint density at radius 2 is 0.927 bits per heavy atom. The van der Waals surface area contributed by atoms with Crippen LogP contribution in [0.15, 0.2) is 95.4 Å². The predicted molar refractivity (Wildman–Crippen MR) is 469 cm³/mol. The second kappa shape index (κ2) is 51.6. The average Bonchev–Trinajstić information content (AvgIpc) is 0.743. The molecule has 39 nitrogen and oxygen atoms in total. The lowest BCUT2D eigenvalue weighted by Gasteiger charge is -2.29. The lowest BCUT2D eigenvalue weighted by Crippen LogP contribution is -2.61. The number of benzene rings is 4. The quantitative estimate of drug-likeness (QED) is 0.00717. The number of primary amides is 3. The van der Waals surface area contributed by atoms with Crippen LogP contribution in [0.2, 0.25) is 0 Å². The molecule has 9 atom stereocenters. The molecule has 3 aromatic rings. The molecule has 0 radical (unpaired) electrons. The highest BCUT2D eigenvalue weighted by Gasteiger charge is 2.37. The lowest BCUT2D eigenvalue weighted by molar-refractivity contribution is -0.136. The van der Waals surface area contributed by atoms with Crippen molar-refractivity contribution in [2.75, 3.05) is 63.8 Å². The van der Waals surface area contributed by atoms with Crippen LogP contribution >= 0.6 is 0 Å². The molecule has 1 aliphatic carbocycles. The highest BCUT2D eigenvalue weighted by molar-refractivity contribution is 6.10. The van der Waals surface area contributed by atoms with Gasteiger partial charge >= 0.3 is 0 Å². The summed E-state index contributed by atoms with van der Waals surface area (Å²) >= 11 is 0. The molecule has 1 aliphatic heterocycles. The maximum absolute atomic E-state index is 15.1. The lowest BCUT2D eigenvalue weighted by atomic mass is 9.90. The Balaban J connectivity index is 1.42. The van der Waals surface area contributed by atoms with E-state index in [2.05, 4.69) is 106 Å². The molecule has 0 spiro atoms. The summed E-state index contributed by atoms with van der Waals surface area (Å²) in [6, 6.07) is 14.1. The Morgan fingerprint density at radius 3 is 1.46 bits per heavy atom. The van der Waals surface area contributed by atoms with E-state index in [1.807, 2.05) is 36.4 Å². The summed E-state index contributed by atoms with van der Waals surface area (Å²) in [5.41, 5.74) is 43.1. The van der Waals surface area contributed by atoms with E-state index in [0.29, 0.717) is 45.4 Å². The standard InChI is InChI=1S/C84H127N25O14/c1-9-108(10-2)51-31-33-55-65(45-51)123-66-46-52(109(11-3)12-4)32-34-56(66)70(55)53-25-16-17-26-54(53)73(114)101-61(35-37-67(86)110)77(118)102-60(30-22-42-97-84(93)94)76(117)105-63(43-48(5)6)79(120)106-64(44-50-23-14-13-15-24-50)80(121)103-62(36-38-68(87)111)78(119)107-71(49(7)8)81(122)104-58(27-18-19-39-85)74(115)98-47-69(112)99-59(29-21-41-96-83(91)92)75(116)100-57(72(88)113)28-20-40-95-82(89)90/h13-17,23-26,31-34,45-46,48-49,57-64,71H,9-12,18-22,27-30,35-44,47,85H2,1-8H3,(H27-,86,87,88,89,90,91,92,93,94,95,96,97,98,99,100,101,102,103,104,105,106,107,110,111,112,113,114,115,116,117,118,119,120,121,122)/p+1/t57-,58-,59-,60-,61-,62-,63-,64-,71-/m1/s1. The van der Waals surface area contributed by atoms with Gasteiger partial charge in [-0.2, -0.15) is 0 Å². The van der Waals surface area contributed by atoms with Crippen LogP contribution < -0.4 is 124 Å². The molecule has 0 saturated heterocycles. The van der Waals surface area contributed by atoms with Gasteiger partial charge in [0.1, 0.15) is 78.8 Å². The Kier molecular flexibility index (Phi) is 42.2. The van der Waals surface area contributed by atoms with Gasteiger partial charge in [0.05, 0.1) is 12.6 Å². The van der Waals surface area contributed by atoms with Crippen LogP contribution in [-0.4, -0.2) is 208 Å². The van der Waals surface area contributed by atoms with Crippen molar-refractivity contribution < 1.29 is 66.7 Å². The molecule has 0 aromatic heterocycles. The molecular formula is C84H128N25O14+. The number of rotatable bonds is 54. The first-order chi connectivity index (χ1) is 58.5. The monoisotopic (exact) mass is 1710 g/mol. The minimum atomic E-state index is -1.64. The Hall–Kier alpha value is -13.0. The van der Waals surface area contributed by atoms with Crippen molar-refractivity contribution in [2.24, 2.45) is 52.0 Å². The fraction of sp³-hybridized carbons (Fsp3) is 0.512. The molecule has 30 N–H and O–H groups in total. The molecule has 13 amide bonds. The van der Waals surface area contributed by atoms with Crippen molar-refractivity contribution >= 4 is 111 Å². The number of guanidine groups is 3. The van der Waals surface area contributed by atoms with Gasteiger partial charge in [0.15, 0.2) is 17.9 Å². The van der Waals surface area contributed by atoms with Crippen LogP contribution in [0.5, 0.6) is 0 Å². The Morgan fingerprint density at radius 1 is 0.455 bits per heavy atom. The predicted octanol–water partition coefficient (Wildman–Crippen LogP) is -1.16. The van der Waals surface area contributed by atoms with Crippen LogP contribution in [0.1, 0.15) is 161 Å². The van der Waals surface area contributed by atoms with E-state index in [-0.39, 0.29) is 133 Å². The van der Waals surface area contributed by atoms with E-state index in [4.69, 9.17) is 60.8 Å². The molecule has 123 heavy (non-hydrogen) atoms. The van der Waals surface area contributed by atoms with Crippen molar-refractivity contribution in [3.63, 3.8) is 0 Å². The van der Waals surface area contributed by atoms with E-state index in [1.54, 1.807) is 82.3 Å². The summed E-state index contributed by atoms with van der Waals surface area (Å²) in [6.45, 7) is 17.7. The number of carbonyl (C=O) groups is 13. The van der Waals surface area contributed by atoms with Gasteiger partial charge in [-0.15, -0.1) is 0 Å². The van der Waals surface area contributed by atoms with Crippen molar-refractivity contribution in [1.82, 2.24) is 73.7 Å². The summed E-state index contributed by atoms with van der Waals surface area (Å²) < 4.78 is 8.91. The van der Waals surface area contributed by atoms with Crippen molar-refractivity contribution in [3.05, 3.63) is 107 Å². The van der Waals surface area contributed by atoms with E-state index < -0.39 is 156 Å². The van der Waals surface area contributed by atoms with Gasteiger partial charge in [-0.3, -0.25) is 78.6 Å². The van der Waals surface area contributed by atoms with Crippen LogP contribution in [0.3, 0.4) is 0 Å². The first-order valence-corrected chi connectivity index (χ1v) is 41.8. The van der Waals surface area contributed by atoms with Gasteiger partial charge in [0.2, 0.25) is 76.2 Å². The number of nitrogens with zero attached hydrogens (tertiary/aromatic N) is 2. The summed E-state index contributed by atoms with van der Waals surface area (Å²) in [5.74, 6) is -12.9. The van der Waals surface area contributed by atoms with Gasteiger partial charge < -0.3 is 119 Å². The first kappa shape index (κ1) is 101. The number of unbranched alkanes of at least 4 members (excludes halogenated alkanes) is 1. The summed E-state index contributed by atoms with van der Waals surface area (Å²) in [5, 5.41) is 58.7. The van der Waals surface area contributed by atoms with Crippen molar-refractivity contribution in [3.8, 4) is 22.5 Å². The van der Waals surface area contributed by atoms with E-state index >= 15 is 14.4 Å². The largest absolute Gasteiger partial charge is 0.456 e. The molecule has 0 unspecified atom stereocenters. The topological polar surface area (TPSA) is 651 Å². The third-order valence-corrected chi connectivity index (χ3v) is 20.4. The minimum Gasteiger partial charge on any atom is -0.456 e. The number of carbonyl (C=O) groups excluding carboxylic acids is 13. The smallest absolute Gasteiger partial charge is 0.252 e. The molecule has 0 fully saturated rings. The van der Waals surface area contributed by atoms with Crippen LogP contribution in [0.4, 0.5) is 5.69 Å². The number of hydrogen-bond donors (Lipinski definition) is 23. The SMILES string of the molecule is CCN(CC)c1ccc2c(-c3ccccc3C(=O)N[C@H](CCC(N)=O)C(=O)N[C@H](CCCNC(=N)N)C(=O)N[C@H](CC(C)C)C(=O)N[C@H](Cc3ccccc3)C(=O)N[C@H](CCC(N)=O)C(=O)N[C@@H](C(=O)N[C@H](CCCCN)C(=O)NCC(=O)N[C@H](CCCNC(=N)N)C(=O)N[C@H](CCCNC(=N)N)C(N)=O)C(C)C)c3ccc(=[N+](CC)CC)cc-3oc2c1. The fourth-order valence-electron chi connectivity index (χ4n) is 13.9. The van der Waals surface area contributed by atoms with Gasteiger partial charge in [-0.1, -0.05) is 76.2 Å². The highest BCUT2D eigenvalue weighted by atomic mass is 16.3. The number of nitrogens with one attached hydrogen (secondary N) is 16. The van der Waals surface area contributed by atoms with Crippen molar-refractivity contribution in [2.45, 2.75) is 206 Å². The Bertz CT molecular complexity index is 4510. The molecule has 2 aliphatic rings. The maximum atomic E-state index is 15.1. The Labute approximate surface area is 716 Å². The van der Waals surface area contributed by atoms with Crippen LogP contribution in [0.25, 0.3) is 33.4 Å². The zero-order valence-corrected chi connectivity index (χ0v) is 71.6. The number of hydrogen-bond acceptors (Lipinski definition) is 19. The normalized spacial score (nSPS) is 13.3. The van der Waals surface area contributed by atoms with E-state index in [0.717, 1.165) is 37.2 Å². The second-order valence-corrected chi connectivity index (χ2v) is 30.7.